The number of carbonyl (C=O) groups is 1. The summed E-state index contributed by atoms with van der Waals surface area (Å²) in [5.41, 5.74) is 3.77. The summed E-state index contributed by atoms with van der Waals surface area (Å²) in [5.74, 6) is -0.0835. The Kier molecular flexibility index (Phi) is 4.16. The summed E-state index contributed by atoms with van der Waals surface area (Å²) in [4.78, 5) is 15.5. The van der Waals surface area contributed by atoms with E-state index in [1.54, 1.807) is 18.2 Å². The van der Waals surface area contributed by atoms with Crippen molar-refractivity contribution in [1.82, 2.24) is 10.3 Å². The summed E-state index contributed by atoms with van der Waals surface area (Å²) in [6, 6.07) is 13.5. The molecule has 0 atom stereocenters. The first kappa shape index (κ1) is 14.7. The number of nitrogens with one attached hydrogen (secondary N) is 2. The van der Waals surface area contributed by atoms with Gasteiger partial charge < -0.3 is 10.3 Å². The van der Waals surface area contributed by atoms with Gasteiger partial charge >= 0.3 is 0 Å². The van der Waals surface area contributed by atoms with E-state index in [0.29, 0.717) is 17.1 Å². The van der Waals surface area contributed by atoms with Crippen LogP contribution in [0.3, 0.4) is 0 Å². The molecule has 2 aromatic carbocycles. The molecule has 0 bridgehead atoms. The maximum absolute atomic E-state index is 12.2. The van der Waals surface area contributed by atoms with Gasteiger partial charge in [-0.15, -0.1) is 0 Å². The van der Waals surface area contributed by atoms with Crippen LogP contribution in [0.2, 0.25) is 5.02 Å². The fourth-order valence-electron chi connectivity index (χ4n) is 2.60. The van der Waals surface area contributed by atoms with Crippen LogP contribution in [0.15, 0.2) is 48.7 Å². The van der Waals surface area contributed by atoms with Gasteiger partial charge in [0.05, 0.1) is 0 Å². The Morgan fingerprint density at radius 2 is 2.00 bits per heavy atom. The molecule has 1 aromatic heterocycles. The van der Waals surface area contributed by atoms with Crippen molar-refractivity contribution in [2.75, 3.05) is 6.54 Å². The molecule has 0 aliphatic heterocycles. The topological polar surface area (TPSA) is 44.9 Å². The zero-order valence-corrected chi connectivity index (χ0v) is 13.1. The van der Waals surface area contributed by atoms with Gasteiger partial charge in [0, 0.05) is 34.2 Å². The molecule has 3 nitrogen and oxygen atoms in total. The van der Waals surface area contributed by atoms with E-state index in [0.717, 1.165) is 17.5 Å². The second kappa shape index (κ2) is 6.24. The summed E-state index contributed by atoms with van der Waals surface area (Å²) < 4.78 is 0. The highest BCUT2D eigenvalue weighted by Crippen LogP contribution is 2.19. The molecule has 1 heterocycles. The third kappa shape index (κ3) is 2.85. The Labute approximate surface area is 134 Å². The van der Waals surface area contributed by atoms with Gasteiger partial charge in [0.1, 0.15) is 0 Å². The monoisotopic (exact) mass is 312 g/mol. The number of carbonyl (C=O) groups excluding carboxylic acids is 1. The van der Waals surface area contributed by atoms with Gasteiger partial charge in [0.25, 0.3) is 5.91 Å². The lowest BCUT2D eigenvalue weighted by Gasteiger charge is -2.08. The highest BCUT2D eigenvalue weighted by atomic mass is 35.5. The zero-order valence-electron chi connectivity index (χ0n) is 12.3. The summed E-state index contributed by atoms with van der Waals surface area (Å²) in [6.45, 7) is 2.45. The minimum atomic E-state index is -0.0835. The Morgan fingerprint density at radius 3 is 2.86 bits per heavy atom. The van der Waals surface area contributed by atoms with Crippen molar-refractivity contribution in [3.05, 3.63) is 70.4 Å². The zero-order chi connectivity index (χ0) is 15.5. The maximum atomic E-state index is 12.2. The Morgan fingerprint density at radius 1 is 1.18 bits per heavy atom. The first-order valence-corrected chi connectivity index (χ1v) is 7.63. The summed E-state index contributed by atoms with van der Waals surface area (Å²) >= 11 is 6.05. The van der Waals surface area contributed by atoms with E-state index in [1.165, 1.54) is 10.9 Å². The molecule has 0 unspecified atom stereocenters. The van der Waals surface area contributed by atoms with Crippen molar-refractivity contribution in [2.45, 2.75) is 13.3 Å². The molecule has 0 fully saturated rings. The smallest absolute Gasteiger partial charge is 0.251 e. The van der Waals surface area contributed by atoms with Gasteiger partial charge in [-0.3, -0.25) is 4.79 Å². The lowest BCUT2D eigenvalue weighted by atomic mass is 10.1. The molecule has 2 N–H and O–H groups in total. The SMILES string of the molecule is Cc1c(Cl)cccc1C(=O)NCCc1c[nH]c2ccccc12. The van der Waals surface area contributed by atoms with Crippen molar-refractivity contribution in [1.29, 1.82) is 0 Å². The lowest BCUT2D eigenvalue weighted by Crippen LogP contribution is -2.26. The summed E-state index contributed by atoms with van der Waals surface area (Å²) in [7, 11) is 0. The average molecular weight is 313 g/mol. The second-order valence-corrected chi connectivity index (χ2v) is 5.68. The van der Waals surface area contributed by atoms with E-state index in [-0.39, 0.29) is 5.91 Å². The van der Waals surface area contributed by atoms with Gasteiger partial charge in [-0.2, -0.15) is 0 Å². The van der Waals surface area contributed by atoms with E-state index in [1.807, 2.05) is 31.3 Å². The number of benzene rings is 2. The highest BCUT2D eigenvalue weighted by molar-refractivity contribution is 6.31. The molecule has 0 saturated heterocycles. The van der Waals surface area contributed by atoms with Gasteiger partial charge in [0.2, 0.25) is 0 Å². The van der Waals surface area contributed by atoms with Crippen LogP contribution in [-0.2, 0) is 6.42 Å². The van der Waals surface area contributed by atoms with Crippen LogP contribution >= 0.6 is 11.6 Å². The number of hydrogen-bond acceptors (Lipinski definition) is 1. The largest absolute Gasteiger partial charge is 0.361 e. The number of para-hydroxylation sites is 1. The van der Waals surface area contributed by atoms with Gasteiger partial charge in [0.15, 0.2) is 0 Å². The Hall–Kier alpha value is -2.26. The molecular weight excluding hydrogens is 296 g/mol. The molecule has 0 saturated carbocycles. The molecule has 0 aliphatic rings. The van der Waals surface area contributed by atoms with Crippen molar-refractivity contribution in [3.63, 3.8) is 0 Å². The van der Waals surface area contributed by atoms with E-state index < -0.39 is 0 Å². The van der Waals surface area contributed by atoms with Crippen molar-refractivity contribution < 1.29 is 4.79 Å². The molecular formula is C18H17ClN2O. The Balaban J connectivity index is 1.66. The van der Waals surface area contributed by atoms with Crippen LogP contribution in [-0.4, -0.2) is 17.4 Å². The molecule has 3 aromatic rings. The molecule has 3 rings (SSSR count). The minimum Gasteiger partial charge on any atom is -0.361 e. The molecule has 0 spiro atoms. The Bertz CT molecular complexity index is 823. The van der Waals surface area contributed by atoms with Crippen LogP contribution < -0.4 is 5.32 Å². The fraction of sp³-hybridized carbons (Fsp3) is 0.167. The first-order chi connectivity index (χ1) is 10.7. The van der Waals surface area contributed by atoms with Crippen LogP contribution in [0, 0.1) is 6.92 Å². The molecule has 4 heteroatoms. The standard InChI is InChI=1S/C18H17ClN2O/c1-12-14(6-4-7-16(12)19)18(22)20-10-9-13-11-21-17-8-3-2-5-15(13)17/h2-8,11,21H,9-10H2,1H3,(H,20,22). The third-order valence-electron chi connectivity index (χ3n) is 3.87. The predicted octanol–water partition coefficient (Wildman–Crippen LogP) is 4.10. The summed E-state index contributed by atoms with van der Waals surface area (Å²) in [5, 5.41) is 4.78. The second-order valence-electron chi connectivity index (χ2n) is 5.28. The van der Waals surface area contributed by atoms with E-state index in [4.69, 9.17) is 11.6 Å². The van der Waals surface area contributed by atoms with Crippen molar-refractivity contribution in [3.8, 4) is 0 Å². The first-order valence-electron chi connectivity index (χ1n) is 7.25. The number of aromatic nitrogens is 1. The number of H-pyrrole nitrogens is 1. The maximum Gasteiger partial charge on any atom is 0.251 e. The van der Waals surface area contributed by atoms with Crippen molar-refractivity contribution >= 4 is 28.4 Å². The normalized spacial score (nSPS) is 10.8. The third-order valence-corrected chi connectivity index (χ3v) is 4.28. The predicted molar refractivity (Wildman–Crippen MR) is 90.5 cm³/mol. The quantitative estimate of drug-likeness (QED) is 0.748. The van der Waals surface area contributed by atoms with Crippen LogP contribution in [0.5, 0.6) is 0 Å². The molecule has 112 valence electrons. The van der Waals surface area contributed by atoms with E-state index >= 15 is 0 Å². The van der Waals surface area contributed by atoms with Gasteiger partial charge in [-0.25, -0.2) is 0 Å². The molecule has 22 heavy (non-hydrogen) atoms. The number of rotatable bonds is 4. The van der Waals surface area contributed by atoms with Gasteiger partial charge in [-0.05, 0) is 42.7 Å². The van der Waals surface area contributed by atoms with E-state index in [9.17, 15) is 4.79 Å². The number of halogens is 1. The average Bonchev–Trinajstić information content (AvgIpc) is 2.93. The molecule has 0 aliphatic carbocycles. The van der Waals surface area contributed by atoms with E-state index in [2.05, 4.69) is 16.4 Å². The van der Waals surface area contributed by atoms with Crippen LogP contribution in [0.25, 0.3) is 10.9 Å². The van der Waals surface area contributed by atoms with Crippen LogP contribution in [0.1, 0.15) is 21.5 Å². The lowest BCUT2D eigenvalue weighted by molar-refractivity contribution is 0.0953. The van der Waals surface area contributed by atoms with Crippen molar-refractivity contribution in [2.24, 2.45) is 0 Å². The minimum absolute atomic E-state index is 0.0835. The number of amides is 1. The van der Waals surface area contributed by atoms with Gasteiger partial charge in [-0.1, -0.05) is 35.9 Å². The number of fused-ring (bicyclic) bond motifs is 1. The number of aromatic amines is 1. The molecule has 1 amide bonds. The van der Waals surface area contributed by atoms with Crippen LogP contribution in [0.4, 0.5) is 0 Å². The number of hydrogen-bond donors (Lipinski definition) is 2. The summed E-state index contributed by atoms with van der Waals surface area (Å²) in [6.07, 6.45) is 2.79. The fourth-order valence-corrected chi connectivity index (χ4v) is 2.77. The molecule has 0 radical (unpaired) electrons. The highest BCUT2D eigenvalue weighted by Gasteiger charge is 2.10.